The van der Waals surface area contributed by atoms with Crippen LogP contribution in [0.1, 0.15) is 41.3 Å². The Balaban J connectivity index is 1.25. The van der Waals surface area contributed by atoms with Crippen molar-refractivity contribution in [3.05, 3.63) is 87.8 Å². The minimum Gasteiger partial charge on any atom is -0.497 e. The van der Waals surface area contributed by atoms with Crippen molar-refractivity contribution in [2.45, 2.75) is 25.3 Å². The van der Waals surface area contributed by atoms with Crippen molar-refractivity contribution >= 4 is 22.6 Å². The number of ether oxygens (including phenoxy) is 1. The molecule has 0 amide bonds. The zero-order chi connectivity index (χ0) is 24.2. The van der Waals surface area contributed by atoms with Crippen molar-refractivity contribution in [1.29, 1.82) is 0 Å². The van der Waals surface area contributed by atoms with Gasteiger partial charge in [0, 0.05) is 24.7 Å². The topological polar surface area (TPSA) is 113 Å². The number of piperidine rings is 1. The molecule has 1 spiro atoms. The van der Waals surface area contributed by atoms with Crippen molar-refractivity contribution in [3.63, 3.8) is 0 Å². The number of rotatable bonds is 4. The number of anilines is 1. The molecule has 1 fully saturated rings. The van der Waals surface area contributed by atoms with E-state index >= 15 is 0 Å². The number of hydrogen-bond acceptors (Lipinski definition) is 6. The van der Waals surface area contributed by atoms with Crippen LogP contribution in [0.5, 0.6) is 5.75 Å². The lowest BCUT2D eigenvalue weighted by Gasteiger charge is -2.42. The fraction of sp³-hybridized carbons (Fsp3) is 0.296. The molecule has 35 heavy (non-hydrogen) atoms. The molecule has 8 heteroatoms. The van der Waals surface area contributed by atoms with Crippen LogP contribution >= 0.6 is 0 Å². The third kappa shape index (κ3) is 3.44. The van der Waals surface area contributed by atoms with Crippen molar-refractivity contribution in [2.75, 3.05) is 25.1 Å². The van der Waals surface area contributed by atoms with Crippen LogP contribution in [-0.2, 0) is 6.42 Å². The van der Waals surface area contributed by atoms with Gasteiger partial charge in [-0.1, -0.05) is 43.0 Å². The van der Waals surface area contributed by atoms with Gasteiger partial charge in [0.2, 0.25) is 5.95 Å². The summed E-state index contributed by atoms with van der Waals surface area (Å²) in [6.45, 7) is 5.74. The van der Waals surface area contributed by atoms with E-state index in [1.165, 1.54) is 11.1 Å². The normalized spacial score (nSPS) is 18.7. The van der Waals surface area contributed by atoms with Gasteiger partial charge >= 0.3 is 0 Å². The number of nitrogens with one attached hydrogen (secondary N) is 2. The Morgan fingerprint density at radius 1 is 1.20 bits per heavy atom. The largest absolute Gasteiger partial charge is 0.497 e. The Morgan fingerprint density at radius 2 is 2.00 bits per heavy atom. The van der Waals surface area contributed by atoms with Crippen molar-refractivity contribution < 1.29 is 4.74 Å². The Bertz CT molecular complexity index is 1500. The molecule has 178 valence electrons. The summed E-state index contributed by atoms with van der Waals surface area (Å²) in [6.07, 6.45) is 2.91. The lowest BCUT2D eigenvalue weighted by molar-refractivity contribution is 0.187. The molecule has 4 N–H and O–H groups in total. The summed E-state index contributed by atoms with van der Waals surface area (Å²) in [6, 6.07) is 16.1. The highest BCUT2D eigenvalue weighted by Crippen LogP contribution is 2.50. The van der Waals surface area contributed by atoms with Crippen LogP contribution in [0, 0.1) is 5.41 Å². The fourth-order valence-corrected chi connectivity index (χ4v) is 5.71. The first kappa shape index (κ1) is 21.6. The molecular weight excluding hydrogens is 440 g/mol. The highest BCUT2D eigenvalue weighted by atomic mass is 16.5. The Kier molecular flexibility index (Phi) is 5.00. The molecule has 1 aliphatic carbocycles. The van der Waals surface area contributed by atoms with Crippen molar-refractivity contribution in [2.24, 2.45) is 11.1 Å². The van der Waals surface area contributed by atoms with E-state index in [9.17, 15) is 4.79 Å². The van der Waals surface area contributed by atoms with Gasteiger partial charge in [-0.05, 0) is 53.5 Å². The molecule has 0 bridgehead atoms. The molecule has 4 aromatic rings. The average molecular weight is 469 g/mol. The fourth-order valence-electron chi connectivity index (χ4n) is 5.71. The summed E-state index contributed by atoms with van der Waals surface area (Å²) >= 11 is 0. The smallest absolute Gasteiger partial charge is 0.264 e. The molecule has 0 radical (unpaired) electrons. The summed E-state index contributed by atoms with van der Waals surface area (Å²) in [5.41, 5.74) is 11.6. The molecule has 2 aliphatic rings. The van der Waals surface area contributed by atoms with Crippen LogP contribution in [0.3, 0.4) is 0 Å². The van der Waals surface area contributed by atoms with E-state index in [2.05, 4.69) is 50.9 Å². The maximum atomic E-state index is 13.2. The highest BCUT2D eigenvalue weighted by molar-refractivity contribution is 5.92. The zero-order valence-electron chi connectivity index (χ0n) is 19.7. The van der Waals surface area contributed by atoms with E-state index in [0.717, 1.165) is 37.9 Å². The standard InChI is InChI=1S/C27H28N6O2/c1-16(17-7-5-8-19(14-17)35-2)22-21-24(32-31-22)29-26(30-25(21)34)33-12-10-27(11-13-33)15-18-6-3-4-9-20(18)23(27)28/h3-9,14,23H,1,10-13,15,28H2,2H3,(H2,29,30,31,32,34)/t23-/m1/s1. The lowest BCUT2D eigenvalue weighted by Crippen LogP contribution is -2.45. The van der Waals surface area contributed by atoms with Gasteiger partial charge in [-0.15, -0.1) is 0 Å². The summed E-state index contributed by atoms with van der Waals surface area (Å²) in [5.74, 6) is 1.27. The van der Waals surface area contributed by atoms with Gasteiger partial charge in [-0.3, -0.25) is 14.9 Å². The van der Waals surface area contributed by atoms with Crippen LogP contribution in [0.15, 0.2) is 59.9 Å². The number of nitrogens with zero attached hydrogens (tertiary/aromatic N) is 3. The number of benzene rings is 2. The van der Waals surface area contributed by atoms with E-state index in [1.54, 1.807) is 7.11 Å². The molecule has 1 saturated heterocycles. The summed E-state index contributed by atoms with van der Waals surface area (Å²) < 4.78 is 5.31. The number of aromatic amines is 2. The first-order chi connectivity index (χ1) is 17.0. The molecule has 1 aliphatic heterocycles. The second-order valence-electron chi connectivity index (χ2n) is 9.60. The predicted octanol–water partition coefficient (Wildman–Crippen LogP) is 3.56. The number of hydrogen-bond donors (Lipinski definition) is 3. The minimum absolute atomic E-state index is 0.0492. The molecule has 2 aromatic carbocycles. The molecule has 0 saturated carbocycles. The zero-order valence-corrected chi connectivity index (χ0v) is 19.7. The third-order valence-corrected chi connectivity index (χ3v) is 7.77. The third-order valence-electron chi connectivity index (χ3n) is 7.77. The van der Waals surface area contributed by atoms with Gasteiger partial charge < -0.3 is 15.4 Å². The van der Waals surface area contributed by atoms with Gasteiger partial charge in [-0.25, -0.2) is 0 Å². The SMILES string of the molecule is C=C(c1cccc(OC)c1)c1n[nH]c2nc(N3CCC4(CC3)Cc3ccccc3[C@H]4N)[nH]c(=O)c12. The molecule has 3 heterocycles. The van der Waals surface area contributed by atoms with Crippen molar-refractivity contribution in [1.82, 2.24) is 20.2 Å². The number of fused-ring (bicyclic) bond motifs is 2. The van der Waals surface area contributed by atoms with Gasteiger partial charge in [-0.2, -0.15) is 10.1 Å². The maximum absolute atomic E-state index is 13.2. The summed E-state index contributed by atoms with van der Waals surface area (Å²) in [4.78, 5) is 23.0. The first-order valence-electron chi connectivity index (χ1n) is 11.9. The number of methoxy groups -OCH3 is 1. The number of nitrogens with two attached hydrogens (primary N) is 1. The van der Waals surface area contributed by atoms with E-state index in [4.69, 9.17) is 15.5 Å². The van der Waals surface area contributed by atoms with E-state index in [0.29, 0.717) is 34.0 Å². The van der Waals surface area contributed by atoms with Crippen LogP contribution in [0.2, 0.25) is 0 Å². The molecule has 2 aromatic heterocycles. The van der Waals surface area contributed by atoms with Crippen molar-refractivity contribution in [3.8, 4) is 5.75 Å². The highest BCUT2D eigenvalue weighted by Gasteiger charge is 2.46. The predicted molar refractivity (Wildman–Crippen MR) is 137 cm³/mol. The average Bonchev–Trinajstić information content (AvgIpc) is 3.44. The molecule has 6 rings (SSSR count). The van der Waals surface area contributed by atoms with E-state index in [1.807, 2.05) is 24.3 Å². The van der Waals surface area contributed by atoms with Crippen LogP contribution < -0.4 is 20.9 Å². The maximum Gasteiger partial charge on any atom is 0.264 e. The number of H-pyrrole nitrogens is 2. The lowest BCUT2D eigenvalue weighted by atomic mass is 9.73. The molecule has 1 atom stereocenters. The molecular formula is C27H28N6O2. The van der Waals surface area contributed by atoms with Crippen LogP contribution in [0.25, 0.3) is 16.6 Å². The van der Waals surface area contributed by atoms with Gasteiger partial charge in [0.1, 0.15) is 16.8 Å². The first-order valence-corrected chi connectivity index (χ1v) is 11.9. The molecule has 8 nitrogen and oxygen atoms in total. The minimum atomic E-state index is -0.233. The summed E-state index contributed by atoms with van der Waals surface area (Å²) in [7, 11) is 1.61. The second-order valence-corrected chi connectivity index (χ2v) is 9.60. The van der Waals surface area contributed by atoms with E-state index in [-0.39, 0.29) is 17.0 Å². The van der Waals surface area contributed by atoms with Crippen LogP contribution in [0.4, 0.5) is 5.95 Å². The van der Waals surface area contributed by atoms with Crippen LogP contribution in [-0.4, -0.2) is 40.4 Å². The van der Waals surface area contributed by atoms with Gasteiger partial charge in [0.25, 0.3) is 5.56 Å². The second kappa shape index (κ2) is 8.09. The quantitative estimate of drug-likeness (QED) is 0.422. The van der Waals surface area contributed by atoms with E-state index < -0.39 is 0 Å². The monoisotopic (exact) mass is 468 g/mol. The Labute approximate surface area is 202 Å². The van der Waals surface area contributed by atoms with Gasteiger partial charge in [0.15, 0.2) is 5.65 Å². The Morgan fingerprint density at radius 3 is 2.77 bits per heavy atom. The Hall–Kier alpha value is -3.91. The molecule has 0 unspecified atom stereocenters. The number of aromatic nitrogens is 4. The van der Waals surface area contributed by atoms with Gasteiger partial charge in [0.05, 0.1) is 7.11 Å². The summed E-state index contributed by atoms with van der Waals surface area (Å²) in [5, 5.41) is 7.72.